The van der Waals surface area contributed by atoms with Crippen molar-refractivity contribution in [3.05, 3.63) is 29.8 Å². The second kappa shape index (κ2) is 9.65. The summed E-state index contributed by atoms with van der Waals surface area (Å²) in [4.78, 5) is 59.1. The van der Waals surface area contributed by atoms with Gasteiger partial charge in [0.1, 0.15) is 17.6 Å². The van der Waals surface area contributed by atoms with Crippen LogP contribution in [0.2, 0.25) is 0 Å². The molecule has 2 heterocycles. The lowest BCUT2D eigenvalue weighted by atomic mass is 9.74. The summed E-state index contributed by atoms with van der Waals surface area (Å²) < 4.78 is 5.64. The van der Waals surface area contributed by atoms with Gasteiger partial charge in [-0.1, -0.05) is 35.7 Å². The van der Waals surface area contributed by atoms with Crippen LogP contribution in [-0.4, -0.2) is 52.6 Å². The first kappa shape index (κ1) is 23.0. The highest BCUT2D eigenvalue weighted by atomic mass is 32.2. The third kappa shape index (κ3) is 4.99. The zero-order chi connectivity index (χ0) is 22.7. The average molecular weight is 463 g/mol. The monoisotopic (exact) mass is 462 g/mol. The van der Waals surface area contributed by atoms with Crippen molar-refractivity contribution in [3.8, 4) is 5.75 Å². The minimum Gasteiger partial charge on any atom is -0.491 e. The molecule has 1 aromatic rings. The Balaban J connectivity index is 2.07. The van der Waals surface area contributed by atoms with Gasteiger partial charge in [0.15, 0.2) is 10.3 Å². The maximum absolute atomic E-state index is 12.8. The number of carbonyl (C=O) groups is 4. The molecule has 0 aliphatic carbocycles. The Labute approximate surface area is 187 Å². The molecule has 0 bridgehead atoms. The van der Waals surface area contributed by atoms with Gasteiger partial charge in [-0.2, -0.15) is 9.98 Å². The molecule has 2 aliphatic rings. The third-order valence-electron chi connectivity index (χ3n) is 4.72. The lowest BCUT2D eigenvalue weighted by molar-refractivity contribution is -0.139. The van der Waals surface area contributed by atoms with Gasteiger partial charge in [0.2, 0.25) is 11.8 Å². The van der Waals surface area contributed by atoms with E-state index in [1.54, 1.807) is 36.8 Å². The second-order valence-electron chi connectivity index (χ2n) is 7.11. The van der Waals surface area contributed by atoms with Crippen LogP contribution in [0.3, 0.4) is 0 Å². The largest absolute Gasteiger partial charge is 0.491 e. The van der Waals surface area contributed by atoms with Crippen molar-refractivity contribution < 1.29 is 23.9 Å². The lowest BCUT2D eigenvalue weighted by Gasteiger charge is -2.32. The highest BCUT2D eigenvalue weighted by Crippen LogP contribution is 2.38. The van der Waals surface area contributed by atoms with Crippen molar-refractivity contribution in [2.45, 2.75) is 25.9 Å². The maximum atomic E-state index is 12.8. The van der Waals surface area contributed by atoms with E-state index in [0.29, 0.717) is 11.3 Å². The van der Waals surface area contributed by atoms with Gasteiger partial charge in [0.05, 0.1) is 6.10 Å². The fourth-order valence-electron chi connectivity index (χ4n) is 3.43. The van der Waals surface area contributed by atoms with Crippen molar-refractivity contribution in [2.24, 2.45) is 21.8 Å². The van der Waals surface area contributed by atoms with Crippen LogP contribution in [0, 0.1) is 11.8 Å². The molecule has 3 rings (SSSR count). The summed E-state index contributed by atoms with van der Waals surface area (Å²) in [6.07, 6.45) is 3.31. The topological polar surface area (TPSA) is 126 Å². The van der Waals surface area contributed by atoms with Gasteiger partial charge in [-0.3, -0.25) is 19.2 Å². The summed E-state index contributed by atoms with van der Waals surface area (Å²) in [6, 6.07) is 6.63. The molecule has 0 radical (unpaired) electrons. The molecule has 9 nitrogen and oxygen atoms in total. The maximum Gasteiger partial charge on any atom is 0.261 e. The molecule has 0 saturated carbocycles. The number of carbonyl (C=O) groups excluding carboxylic acids is 4. The Hall–Kier alpha value is -2.66. The van der Waals surface area contributed by atoms with E-state index in [4.69, 9.17) is 4.74 Å². The van der Waals surface area contributed by atoms with E-state index in [0.717, 1.165) is 23.5 Å². The van der Waals surface area contributed by atoms with Crippen LogP contribution in [0.1, 0.15) is 25.3 Å². The van der Waals surface area contributed by atoms with E-state index in [2.05, 4.69) is 20.6 Å². The van der Waals surface area contributed by atoms with Crippen LogP contribution in [0.4, 0.5) is 0 Å². The van der Waals surface area contributed by atoms with Crippen molar-refractivity contribution >= 4 is 57.5 Å². The van der Waals surface area contributed by atoms with Gasteiger partial charge in [-0.15, -0.1) is 0 Å². The first-order chi connectivity index (χ1) is 14.7. The average Bonchev–Trinajstić information content (AvgIpc) is 2.71. The zero-order valence-electron chi connectivity index (χ0n) is 17.4. The Morgan fingerprint density at radius 2 is 1.29 bits per heavy atom. The molecule has 2 N–H and O–H groups in total. The van der Waals surface area contributed by atoms with E-state index >= 15 is 0 Å². The van der Waals surface area contributed by atoms with Crippen molar-refractivity contribution in [1.82, 2.24) is 10.6 Å². The normalized spacial score (nSPS) is 22.5. The van der Waals surface area contributed by atoms with Crippen LogP contribution in [0.15, 0.2) is 34.3 Å². The molecule has 164 valence electrons. The predicted molar refractivity (Wildman–Crippen MR) is 120 cm³/mol. The van der Waals surface area contributed by atoms with Crippen LogP contribution >= 0.6 is 23.5 Å². The Bertz CT molecular complexity index is 922. The molecule has 2 atom stereocenters. The third-order valence-corrected chi connectivity index (χ3v) is 5.88. The fourth-order valence-corrected chi connectivity index (χ4v) is 4.20. The van der Waals surface area contributed by atoms with Gasteiger partial charge in [0, 0.05) is 5.92 Å². The molecule has 0 fully saturated rings. The number of amidine groups is 2. The van der Waals surface area contributed by atoms with E-state index in [1.807, 2.05) is 13.8 Å². The molecule has 4 amide bonds. The molecule has 0 saturated heterocycles. The fraction of sp³-hybridized carbons (Fsp3) is 0.400. The smallest absolute Gasteiger partial charge is 0.261 e. The van der Waals surface area contributed by atoms with Gasteiger partial charge in [-0.25, -0.2) is 0 Å². The number of amides is 4. The SMILES string of the molecule is CSC1=NC(=O)C(C(c2ccc(OC(C)C)cc2)C2C(=O)N=C(SC)NC2=O)C(=O)N1. The van der Waals surface area contributed by atoms with Gasteiger partial charge >= 0.3 is 0 Å². The molecule has 11 heteroatoms. The first-order valence-corrected chi connectivity index (χ1v) is 11.9. The summed E-state index contributed by atoms with van der Waals surface area (Å²) in [5, 5.41) is 5.48. The predicted octanol–water partition coefficient (Wildman–Crippen LogP) is 1.54. The van der Waals surface area contributed by atoms with E-state index in [-0.39, 0.29) is 16.4 Å². The number of benzene rings is 1. The molecule has 2 unspecified atom stereocenters. The molecular weight excluding hydrogens is 440 g/mol. The highest BCUT2D eigenvalue weighted by Gasteiger charge is 2.49. The Morgan fingerprint density at radius 1 is 0.839 bits per heavy atom. The number of rotatable bonds is 5. The van der Waals surface area contributed by atoms with Crippen molar-refractivity contribution in [1.29, 1.82) is 0 Å². The number of aliphatic imine (C=N–C) groups is 2. The lowest BCUT2D eigenvalue weighted by Crippen LogP contribution is -2.52. The van der Waals surface area contributed by atoms with Crippen LogP contribution < -0.4 is 15.4 Å². The number of thioether (sulfide) groups is 2. The number of ether oxygens (including phenoxy) is 1. The van der Waals surface area contributed by atoms with Crippen molar-refractivity contribution in [3.63, 3.8) is 0 Å². The molecule has 2 aliphatic heterocycles. The molecular formula is C20H22N4O5S2. The number of hydrogen-bond donors (Lipinski definition) is 2. The molecule has 1 aromatic carbocycles. The number of nitrogens with zero attached hydrogens (tertiary/aromatic N) is 2. The quantitative estimate of drug-likeness (QED) is 0.636. The van der Waals surface area contributed by atoms with Crippen LogP contribution in [-0.2, 0) is 19.2 Å². The van der Waals surface area contributed by atoms with Crippen LogP contribution in [0.25, 0.3) is 0 Å². The molecule has 0 aromatic heterocycles. The van der Waals surface area contributed by atoms with E-state index in [1.165, 1.54) is 0 Å². The number of hydrogen-bond acceptors (Lipinski definition) is 7. The minimum absolute atomic E-state index is 0.0448. The summed E-state index contributed by atoms with van der Waals surface area (Å²) in [5.74, 6) is -5.83. The van der Waals surface area contributed by atoms with E-state index < -0.39 is 41.4 Å². The standard InChI is InChI=1S/C20H22N4O5S2/c1-9(2)29-11-7-5-10(6-8-11)12(13-15(25)21-19(30-3)22-16(13)26)14-17(27)23-20(31-4)24-18(14)28/h5-9,12-14H,1-4H3,(H,21,22,25,26)(H,23,24,27,28). The number of nitrogens with one attached hydrogen (secondary N) is 2. The van der Waals surface area contributed by atoms with Crippen LogP contribution in [0.5, 0.6) is 5.75 Å². The second-order valence-corrected chi connectivity index (χ2v) is 8.70. The summed E-state index contributed by atoms with van der Waals surface area (Å²) in [6.45, 7) is 3.77. The van der Waals surface area contributed by atoms with Gasteiger partial charge in [0.25, 0.3) is 11.8 Å². The highest BCUT2D eigenvalue weighted by molar-refractivity contribution is 8.13. The van der Waals surface area contributed by atoms with E-state index in [9.17, 15) is 19.2 Å². The Morgan fingerprint density at radius 3 is 1.65 bits per heavy atom. The van der Waals surface area contributed by atoms with Gasteiger partial charge in [-0.05, 0) is 44.1 Å². The van der Waals surface area contributed by atoms with Gasteiger partial charge < -0.3 is 15.4 Å². The summed E-state index contributed by atoms with van der Waals surface area (Å²) in [5.41, 5.74) is 0.462. The summed E-state index contributed by atoms with van der Waals surface area (Å²) in [7, 11) is 0. The van der Waals surface area contributed by atoms with Crippen molar-refractivity contribution in [2.75, 3.05) is 12.5 Å². The zero-order valence-corrected chi connectivity index (χ0v) is 19.0. The summed E-state index contributed by atoms with van der Waals surface area (Å²) >= 11 is 2.24. The first-order valence-electron chi connectivity index (χ1n) is 9.46. The molecule has 0 spiro atoms. The Kier molecular flexibility index (Phi) is 7.16. The minimum atomic E-state index is -1.35. The molecule has 31 heavy (non-hydrogen) atoms.